The third-order valence-corrected chi connectivity index (χ3v) is 10.8. The molecule has 3 heterocycles. The van der Waals surface area contributed by atoms with E-state index in [1.54, 1.807) is 24.5 Å². The molecule has 49 heavy (non-hydrogen) atoms. The summed E-state index contributed by atoms with van der Waals surface area (Å²) in [6.07, 6.45) is 14.8. The molecule has 2 unspecified atom stereocenters. The van der Waals surface area contributed by atoms with Gasteiger partial charge in [-0.3, -0.25) is 9.97 Å². The predicted octanol–water partition coefficient (Wildman–Crippen LogP) is 11.0. The number of thiophene rings is 1. The zero-order valence-electron chi connectivity index (χ0n) is 26.2. The molecule has 0 spiro atoms. The molecule has 0 N–H and O–H groups in total. The van der Waals surface area contributed by atoms with E-state index in [2.05, 4.69) is 131 Å². The molecule has 0 aliphatic heterocycles. The highest BCUT2D eigenvalue weighted by atomic mass is 32.1. The fourth-order valence-corrected chi connectivity index (χ4v) is 8.61. The summed E-state index contributed by atoms with van der Waals surface area (Å²) in [6, 6.07) is 39.8. The van der Waals surface area contributed by atoms with Crippen molar-refractivity contribution in [2.75, 3.05) is 0 Å². The van der Waals surface area contributed by atoms with Crippen LogP contribution in [0, 0.1) is 28.6 Å². The lowest BCUT2D eigenvalue weighted by Crippen LogP contribution is -2.16. The molecule has 5 heteroatoms. The van der Waals surface area contributed by atoms with Gasteiger partial charge in [-0.05, 0) is 75.0 Å². The Morgan fingerprint density at radius 3 is 1.80 bits per heavy atom. The minimum absolute atomic E-state index is 0.223. The summed E-state index contributed by atoms with van der Waals surface area (Å²) >= 11 is 1.87. The van der Waals surface area contributed by atoms with Gasteiger partial charge in [0.15, 0.2) is 0 Å². The molecule has 2 atom stereocenters. The number of pyridine rings is 2. The number of allylic oxidation sites excluding steroid dienone is 5. The first-order chi connectivity index (χ1) is 24.2. The zero-order valence-corrected chi connectivity index (χ0v) is 27.0. The number of rotatable bonds is 4. The summed E-state index contributed by atoms with van der Waals surface area (Å²) in [5.41, 5.74) is 11.0. The normalized spacial score (nSPS) is 16.1. The molecule has 0 bridgehead atoms. The first-order valence-corrected chi connectivity index (χ1v) is 17.0. The summed E-state index contributed by atoms with van der Waals surface area (Å²) in [6.45, 7) is 0. The Kier molecular flexibility index (Phi) is 6.87. The average Bonchev–Trinajstić information content (AvgIpc) is 3.56. The second-order valence-electron chi connectivity index (χ2n) is 12.4. The lowest BCUT2D eigenvalue weighted by Gasteiger charge is -2.31. The van der Waals surface area contributed by atoms with Crippen LogP contribution in [0.3, 0.4) is 0 Å². The third-order valence-electron chi connectivity index (χ3n) is 9.66. The van der Waals surface area contributed by atoms with E-state index < -0.39 is 0 Å². The molecule has 0 fully saturated rings. The molecule has 2 aliphatic rings. The minimum atomic E-state index is 0.223. The maximum absolute atomic E-state index is 9.36. The van der Waals surface area contributed by atoms with Crippen molar-refractivity contribution in [3.05, 3.63) is 167 Å². The van der Waals surface area contributed by atoms with Crippen LogP contribution in [0.15, 0.2) is 140 Å². The maximum Gasteiger partial charge on any atom is 0.0992 e. The Morgan fingerprint density at radius 2 is 1.16 bits per heavy atom. The van der Waals surface area contributed by atoms with Crippen molar-refractivity contribution in [1.82, 2.24) is 9.97 Å². The van der Waals surface area contributed by atoms with Gasteiger partial charge in [-0.15, -0.1) is 11.3 Å². The zero-order chi connectivity index (χ0) is 32.9. The second-order valence-corrected chi connectivity index (χ2v) is 13.5. The first-order valence-electron chi connectivity index (χ1n) is 16.2. The molecular weight excluding hydrogens is 617 g/mol. The van der Waals surface area contributed by atoms with Crippen LogP contribution in [0.25, 0.3) is 66.1 Å². The summed E-state index contributed by atoms with van der Waals surface area (Å²) < 4.78 is 1.28. The molecular formula is C44H26N4S. The van der Waals surface area contributed by atoms with Gasteiger partial charge < -0.3 is 0 Å². The van der Waals surface area contributed by atoms with E-state index in [4.69, 9.17) is 0 Å². The Morgan fingerprint density at radius 1 is 0.592 bits per heavy atom. The molecule has 7 aromatic rings. The topological polar surface area (TPSA) is 73.4 Å². The molecule has 2 aliphatic carbocycles. The Bertz CT molecular complexity index is 2630. The van der Waals surface area contributed by atoms with Gasteiger partial charge in [-0.25, -0.2) is 0 Å². The number of aromatic nitrogens is 2. The van der Waals surface area contributed by atoms with Gasteiger partial charge in [0, 0.05) is 50.3 Å². The summed E-state index contributed by atoms with van der Waals surface area (Å²) in [7, 11) is 0. The van der Waals surface area contributed by atoms with Crippen LogP contribution in [0.5, 0.6) is 0 Å². The van der Waals surface area contributed by atoms with E-state index in [0.717, 1.165) is 28.1 Å². The van der Waals surface area contributed by atoms with Crippen molar-refractivity contribution in [3.63, 3.8) is 0 Å². The van der Waals surface area contributed by atoms with Crippen molar-refractivity contribution in [1.29, 1.82) is 10.5 Å². The van der Waals surface area contributed by atoms with Crippen molar-refractivity contribution in [3.8, 4) is 45.8 Å². The number of hydrogen-bond acceptors (Lipinski definition) is 5. The fraction of sp³-hybridized carbons (Fsp3) is 0.0455. The monoisotopic (exact) mass is 642 g/mol. The van der Waals surface area contributed by atoms with Gasteiger partial charge in [-0.1, -0.05) is 97.1 Å². The third kappa shape index (κ3) is 4.88. The quantitative estimate of drug-likeness (QED) is 0.191. The predicted molar refractivity (Wildman–Crippen MR) is 199 cm³/mol. The molecule has 0 saturated carbocycles. The molecule has 0 amide bonds. The number of nitriles is 2. The van der Waals surface area contributed by atoms with Gasteiger partial charge in [0.1, 0.15) is 0 Å². The van der Waals surface area contributed by atoms with E-state index >= 15 is 0 Å². The lowest BCUT2D eigenvalue weighted by atomic mass is 9.72. The molecule has 4 nitrogen and oxygen atoms in total. The number of benzene rings is 4. The van der Waals surface area contributed by atoms with Crippen molar-refractivity contribution >= 4 is 43.8 Å². The van der Waals surface area contributed by atoms with Crippen LogP contribution >= 0.6 is 11.3 Å². The highest BCUT2D eigenvalue weighted by Gasteiger charge is 2.34. The molecule has 3 aromatic heterocycles. The summed E-state index contributed by atoms with van der Waals surface area (Å²) in [5.74, 6) is 0.452. The summed E-state index contributed by atoms with van der Waals surface area (Å²) in [4.78, 5) is 10.3. The molecule has 228 valence electrons. The van der Waals surface area contributed by atoms with Crippen molar-refractivity contribution < 1.29 is 0 Å². The Labute approximate surface area is 287 Å². The Hall–Kier alpha value is -6.40. The number of hydrogen-bond donors (Lipinski definition) is 0. The standard InChI is InChI=1S/C44H26N4S/c45-25-27-17-19-47-39(21-27)31-13-9-29(10-14-31)37-23-41-43(35-7-3-1-5-33(35)37)44-36-8-4-2-6-34(36)38(24-42(44)49-41)30-11-15-32(16-12-30)40-22-28(26-46)18-20-48-40/h1-24,33,35H. The van der Waals surface area contributed by atoms with Crippen LogP contribution in [0.4, 0.5) is 0 Å². The SMILES string of the molecule is N#Cc1ccnc(-c2ccc(C3=Cc4sc5cc(-c6ccc(-c7cc(C#N)ccn7)cc6)c6ccccc6c5c4C4C=CC=CC34)cc2)c1. The average molecular weight is 643 g/mol. The lowest BCUT2D eigenvalue weighted by molar-refractivity contribution is 0.717. The molecule has 9 rings (SSSR count). The maximum atomic E-state index is 9.36. The van der Waals surface area contributed by atoms with Crippen LogP contribution < -0.4 is 0 Å². The van der Waals surface area contributed by atoms with Crippen molar-refractivity contribution in [2.24, 2.45) is 5.92 Å². The largest absolute Gasteiger partial charge is 0.256 e. The molecule has 4 aromatic carbocycles. The second kappa shape index (κ2) is 11.7. The van der Waals surface area contributed by atoms with Gasteiger partial charge in [0.25, 0.3) is 0 Å². The van der Waals surface area contributed by atoms with Crippen molar-refractivity contribution in [2.45, 2.75) is 5.92 Å². The van der Waals surface area contributed by atoms with E-state index in [1.165, 1.54) is 48.0 Å². The van der Waals surface area contributed by atoms with E-state index in [9.17, 15) is 10.5 Å². The van der Waals surface area contributed by atoms with Gasteiger partial charge in [-0.2, -0.15) is 10.5 Å². The summed E-state index contributed by atoms with van der Waals surface area (Å²) in [5, 5.41) is 22.6. The van der Waals surface area contributed by atoms with Crippen LogP contribution in [-0.2, 0) is 0 Å². The highest BCUT2D eigenvalue weighted by Crippen LogP contribution is 2.53. The van der Waals surface area contributed by atoms with E-state index in [1.807, 2.05) is 23.5 Å². The van der Waals surface area contributed by atoms with Gasteiger partial charge in [0.2, 0.25) is 0 Å². The fourth-order valence-electron chi connectivity index (χ4n) is 7.34. The highest BCUT2D eigenvalue weighted by molar-refractivity contribution is 7.20. The van der Waals surface area contributed by atoms with Gasteiger partial charge >= 0.3 is 0 Å². The molecule has 0 radical (unpaired) electrons. The van der Waals surface area contributed by atoms with Gasteiger partial charge in [0.05, 0.1) is 34.7 Å². The van der Waals surface area contributed by atoms with Crippen LogP contribution in [0.2, 0.25) is 0 Å². The number of nitrogens with zero attached hydrogens (tertiary/aromatic N) is 4. The van der Waals surface area contributed by atoms with E-state index in [-0.39, 0.29) is 11.8 Å². The smallest absolute Gasteiger partial charge is 0.0992 e. The molecule has 0 saturated heterocycles. The van der Waals surface area contributed by atoms with E-state index in [0.29, 0.717) is 11.1 Å². The van der Waals surface area contributed by atoms with Crippen LogP contribution in [0.1, 0.15) is 33.0 Å². The first kappa shape index (κ1) is 28.8. The number of fused-ring (bicyclic) bond motifs is 7. The van der Waals surface area contributed by atoms with Crippen LogP contribution in [-0.4, -0.2) is 9.97 Å². The Balaban J connectivity index is 1.16. The minimum Gasteiger partial charge on any atom is -0.256 e.